The Morgan fingerprint density at radius 1 is 1.25 bits per heavy atom. The van der Waals surface area contributed by atoms with Gasteiger partial charge in [-0.15, -0.1) is 0 Å². The summed E-state index contributed by atoms with van der Waals surface area (Å²) in [4.78, 5) is 0. The van der Waals surface area contributed by atoms with Crippen molar-refractivity contribution in [2.24, 2.45) is 0 Å². The molecule has 0 unspecified atom stereocenters. The van der Waals surface area contributed by atoms with Crippen LogP contribution in [0.4, 0.5) is 0 Å². The Hall–Kier alpha value is -0.502. The molecule has 0 aliphatic rings. The number of hydrogen-bond acceptors (Lipinski definition) is 3. The minimum atomic E-state index is -3.00. The summed E-state index contributed by atoms with van der Waals surface area (Å²) in [6.45, 7) is 3.85. The molecule has 1 aromatic rings. The van der Waals surface area contributed by atoms with Gasteiger partial charge >= 0.3 is 76.5 Å². The summed E-state index contributed by atoms with van der Waals surface area (Å²) in [5, 5.41) is 0. The van der Waals surface area contributed by atoms with Crippen molar-refractivity contribution in [2.75, 3.05) is 0 Å². The maximum absolute atomic E-state index is 8.68. The molecule has 0 amide bonds. The Labute approximate surface area is 76.9 Å². The molecule has 2 N–H and O–H groups in total. The van der Waals surface area contributed by atoms with Crippen LogP contribution < -0.4 is 3.73 Å². The van der Waals surface area contributed by atoms with Crippen molar-refractivity contribution in [3.8, 4) is 5.75 Å². The van der Waals surface area contributed by atoms with Crippen LogP contribution in [0.25, 0.3) is 0 Å². The Balaban J connectivity index is 2.86. The second-order valence-corrected chi connectivity index (χ2v) is 4.06. The Morgan fingerprint density at radius 2 is 1.92 bits per heavy atom. The number of rotatable bonds is 2. The van der Waals surface area contributed by atoms with Gasteiger partial charge in [0.05, 0.1) is 0 Å². The van der Waals surface area contributed by atoms with Crippen LogP contribution in [0.2, 0.25) is 0 Å². The zero-order valence-electron chi connectivity index (χ0n) is 6.98. The molecule has 0 aromatic heterocycles. The average molecular weight is 230 g/mol. The fraction of sp³-hybridized carbons (Fsp3) is 0.250. The first-order valence-corrected chi connectivity index (χ1v) is 5.97. The third-order valence-corrected chi connectivity index (χ3v) is 2.27. The van der Waals surface area contributed by atoms with Crippen molar-refractivity contribution in [1.82, 2.24) is 0 Å². The summed E-state index contributed by atoms with van der Waals surface area (Å²) < 4.78 is 22.2. The maximum atomic E-state index is 8.68. The zero-order valence-corrected chi connectivity index (χ0v) is 8.86. The quantitative estimate of drug-likeness (QED) is 0.733. The first-order valence-electron chi connectivity index (χ1n) is 3.52. The van der Waals surface area contributed by atoms with E-state index in [1.165, 1.54) is 0 Å². The van der Waals surface area contributed by atoms with Gasteiger partial charge in [-0.3, -0.25) is 0 Å². The van der Waals surface area contributed by atoms with Gasteiger partial charge in [0.1, 0.15) is 0 Å². The summed E-state index contributed by atoms with van der Waals surface area (Å²) in [7, 11) is 0. The number of hydrogen-bond donors (Lipinski definition) is 2. The number of aryl methyl sites for hydroxylation is 2. The first-order chi connectivity index (χ1) is 5.59. The summed E-state index contributed by atoms with van der Waals surface area (Å²) in [5.41, 5.74) is 2.06. The van der Waals surface area contributed by atoms with Gasteiger partial charge in [0.2, 0.25) is 0 Å². The predicted molar refractivity (Wildman–Crippen MR) is 46.7 cm³/mol. The molecular weight excluding hydrogens is 219 g/mol. The molecule has 0 saturated carbocycles. The molecule has 0 fully saturated rings. The molecule has 0 radical (unpaired) electrons. The average Bonchev–Trinajstić information content (AvgIpc) is 1.94. The van der Waals surface area contributed by atoms with Gasteiger partial charge in [0.25, 0.3) is 0 Å². The van der Waals surface area contributed by atoms with Gasteiger partial charge < -0.3 is 0 Å². The van der Waals surface area contributed by atoms with E-state index in [0.29, 0.717) is 5.75 Å². The molecule has 0 spiro atoms. The molecule has 0 bridgehead atoms. The van der Waals surface area contributed by atoms with Crippen molar-refractivity contribution in [3.05, 3.63) is 29.3 Å². The standard InChI is InChI=1S/C8H11AsO3/c1-6-3-4-8(7(2)5-6)12-9(10)11/h3-5,10-11H,1-2H3. The van der Waals surface area contributed by atoms with E-state index in [0.717, 1.165) is 11.1 Å². The van der Waals surface area contributed by atoms with Crippen molar-refractivity contribution in [3.63, 3.8) is 0 Å². The van der Waals surface area contributed by atoms with E-state index in [1.807, 2.05) is 26.0 Å². The van der Waals surface area contributed by atoms with E-state index in [4.69, 9.17) is 11.9 Å². The van der Waals surface area contributed by atoms with E-state index in [1.54, 1.807) is 6.07 Å². The molecular formula is C8H11AsO3. The summed E-state index contributed by atoms with van der Waals surface area (Å²) >= 11 is -3.00. The fourth-order valence-corrected chi connectivity index (χ4v) is 1.79. The van der Waals surface area contributed by atoms with Crippen molar-refractivity contribution >= 4 is 15.7 Å². The van der Waals surface area contributed by atoms with E-state index in [2.05, 4.69) is 0 Å². The van der Waals surface area contributed by atoms with Gasteiger partial charge in [0.15, 0.2) is 0 Å². The van der Waals surface area contributed by atoms with Crippen LogP contribution in [0.1, 0.15) is 11.1 Å². The van der Waals surface area contributed by atoms with E-state index < -0.39 is 15.7 Å². The Morgan fingerprint density at radius 3 is 2.42 bits per heavy atom. The minimum absolute atomic E-state index is 0.561. The molecule has 0 aliphatic heterocycles. The van der Waals surface area contributed by atoms with Crippen molar-refractivity contribution in [1.29, 1.82) is 0 Å². The second-order valence-electron chi connectivity index (χ2n) is 2.61. The SMILES string of the molecule is Cc1ccc(O[As](O)O)c(C)c1. The van der Waals surface area contributed by atoms with E-state index >= 15 is 0 Å². The molecule has 1 aromatic carbocycles. The zero-order chi connectivity index (χ0) is 9.14. The van der Waals surface area contributed by atoms with Crippen LogP contribution >= 0.6 is 0 Å². The molecule has 4 heteroatoms. The van der Waals surface area contributed by atoms with Gasteiger partial charge in [-0.1, -0.05) is 0 Å². The molecule has 1 rings (SSSR count). The van der Waals surface area contributed by atoms with Gasteiger partial charge in [-0.25, -0.2) is 0 Å². The first kappa shape index (κ1) is 9.59. The number of benzene rings is 1. The molecule has 66 valence electrons. The third-order valence-electron chi connectivity index (χ3n) is 1.51. The normalized spacial score (nSPS) is 10.4. The van der Waals surface area contributed by atoms with E-state index in [9.17, 15) is 0 Å². The van der Waals surface area contributed by atoms with Crippen molar-refractivity contribution in [2.45, 2.75) is 13.8 Å². The van der Waals surface area contributed by atoms with Gasteiger partial charge in [-0.2, -0.15) is 0 Å². The molecule has 0 saturated heterocycles. The topological polar surface area (TPSA) is 49.7 Å². The monoisotopic (exact) mass is 230 g/mol. The van der Waals surface area contributed by atoms with Crippen LogP contribution in [-0.2, 0) is 0 Å². The van der Waals surface area contributed by atoms with Crippen molar-refractivity contribution < 1.29 is 11.9 Å². The van der Waals surface area contributed by atoms with Crippen LogP contribution in [0.5, 0.6) is 5.75 Å². The second kappa shape index (κ2) is 3.94. The summed E-state index contributed by atoms with van der Waals surface area (Å²) in [5.74, 6) is 0.561. The third kappa shape index (κ3) is 2.52. The predicted octanol–water partition coefficient (Wildman–Crippen LogP) is 0.652. The van der Waals surface area contributed by atoms with Crippen LogP contribution in [0.3, 0.4) is 0 Å². The molecule has 0 aliphatic carbocycles. The molecule has 3 nitrogen and oxygen atoms in total. The summed E-state index contributed by atoms with van der Waals surface area (Å²) in [6, 6.07) is 5.56. The Bertz CT molecular complexity index is 273. The van der Waals surface area contributed by atoms with Gasteiger partial charge in [-0.05, 0) is 0 Å². The molecule has 0 atom stereocenters. The molecule has 0 heterocycles. The van der Waals surface area contributed by atoms with E-state index in [-0.39, 0.29) is 0 Å². The Kier molecular flexibility index (Phi) is 3.15. The molecule has 12 heavy (non-hydrogen) atoms. The van der Waals surface area contributed by atoms with Crippen LogP contribution in [-0.4, -0.2) is 23.9 Å². The fourth-order valence-electron chi connectivity index (χ4n) is 0.990. The van der Waals surface area contributed by atoms with Crippen LogP contribution in [0.15, 0.2) is 18.2 Å². The van der Waals surface area contributed by atoms with Gasteiger partial charge in [0, 0.05) is 0 Å². The summed E-state index contributed by atoms with van der Waals surface area (Å²) in [6.07, 6.45) is 0. The van der Waals surface area contributed by atoms with Crippen LogP contribution in [0, 0.1) is 13.8 Å².